The fourth-order valence-corrected chi connectivity index (χ4v) is 1.28. The molecule has 0 amide bonds. The first-order valence-corrected chi connectivity index (χ1v) is 4.35. The topological polar surface area (TPSA) is 40.8 Å². The van der Waals surface area contributed by atoms with Crippen LogP contribution in [-0.4, -0.2) is 16.6 Å². The van der Waals surface area contributed by atoms with E-state index in [4.69, 9.17) is 4.74 Å². The Morgan fingerprint density at radius 3 is 2.92 bits per heavy atom. The first-order valence-electron chi connectivity index (χ1n) is 4.35. The predicted octanol–water partition coefficient (Wildman–Crippen LogP) is 2.41. The van der Waals surface area contributed by atoms with Crippen molar-refractivity contribution in [3.05, 3.63) is 30.6 Å². The Labute approximate surface area is 76.8 Å². The van der Waals surface area contributed by atoms with E-state index in [1.54, 1.807) is 0 Å². The van der Waals surface area contributed by atoms with Gasteiger partial charge in [0.1, 0.15) is 5.75 Å². The van der Waals surface area contributed by atoms with Crippen molar-refractivity contribution in [3.63, 3.8) is 0 Å². The summed E-state index contributed by atoms with van der Waals surface area (Å²) in [5.41, 5.74) is 2.12. The molecule has 3 nitrogen and oxygen atoms in total. The second-order valence-corrected chi connectivity index (χ2v) is 2.77. The Morgan fingerprint density at radius 2 is 2.23 bits per heavy atom. The van der Waals surface area contributed by atoms with Gasteiger partial charge in [0.15, 0.2) is 0 Å². The Balaban J connectivity index is 2.23. The van der Waals surface area contributed by atoms with Crippen molar-refractivity contribution in [1.29, 1.82) is 0 Å². The molecule has 2 aromatic heterocycles. The van der Waals surface area contributed by atoms with Gasteiger partial charge in [-0.05, 0) is 19.1 Å². The molecular weight excluding hydrogens is 164 g/mol. The lowest BCUT2D eigenvalue weighted by Gasteiger charge is -1.95. The molecule has 2 N–H and O–H groups in total. The van der Waals surface area contributed by atoms with E-state index in [-0.39, 0.29) is 0 Å². The fraction of sp³-hybridized carbons (Fsp3) is 0.200. The molecule has 0 fully saturated rings. The van der Waals surface area contributed by atoms with Gasteiger partial charge in [-0.15, -0.1) is 0 Å². The summed E-state index contributed by atoms with van der Waals surface area (Å²) in [6.45, 7) is 2.67. The van der Waals surface area contributed by atoms with Crippen LogP contribution >= 0.6 is 0 Å². The van der Waals surface area contributed by atoms with Crippen molar-refractivity contribution in [2.75, 3.05) is 6.61 Å². The largest absolute Gasteiger partial charge is 0.492 e. The van der Waals surface area contributed by atoms with Gasteiger partial charge in [-0.1, -0.05) is 0 Å². The van der Waals surface area contributed by atoms with Gasteiger partial charge < -0.3 is 14.7 Å². The summed E-state index contributed by atoms with van der Waals surface area (Å²) in [5.74, 6) is 0.882. The van der Waals surface area contributed by atoms with Crippen LogP contribution < -0.4 is 4.74 Å². The fourth-order valence-electron chi connectivity index (χ4n) is 1.28. The third kappa shape index (κ3) is 1.59. The third-order valence-corrected chi connectivity index (χ3v) is 1.86. The van der Waals surface area contributed by atoms with Gasteiger partial charge in [-0.2, -0.15) is 0 Å². The zero-order valence-electron chi connectivity index (χ0n) is 7.50. The summed E-state index contributed by atoms with van der Waals surface area (Å²) in [5, 5.41) is 0. The van der Waals surface area contributed by atoms with Crippen LogP contribution in [0.4, 0.5) is 0 Å². The predicted molar refractivity (Wildman–Crippen MR) is 51.7 cm³/mol. The number of H-pyrrole nitrogens is 2. The molecule has 2 aromatic rings. The third-order valence-electron chi connectivity index (χ3n) is 1.86. The van der Waals surface area contributed by atoms with Crippen LogP contribution in [0.5, 0.6) is 5.75 Å². The van der Waals surface area contributed by atoms with Crippen LogP contribution in [0.2, 0.25) is 0 Å². The Hall–Kier alpha value is -1.64. The number of aromatic nitrogens is 2. The quantitative estimate of drug-likeness (QED) is 0.740. The number of nitrogens with one attached hydrogen (secondary N) is 2. The highest BCUT2D eigenvalue weighted by molar-refractivity contribution is 5.56. The summed E-state index contributed by atoms with van der Waals surface area (Å²) in [6.07, 6.45) is 3.76. The van der Waals surface area contributed by atoms with Crippen LogP contribution in [0.1, 0.15) is 6.92 Å². The van der Waals surface area contributed by atoms with Gasteiger partial charge in [-0.3, -0.25) is 0 Å². The van der Waals surface area contributed by atoms with Crippen LogP contribution in [0.15, 0.2) is 30.6 Å². The van der Waals surface area contributed by atoms with Gasteiger partial charge in [0.2, 0.25) is 0 Å². The molecule has 0 aliphatic rings. The average Bonchev–Trinajstić information content (AvgIpc) is 2.70. The molecule has 0 spiro atoms. The minimum absolute atomic E-state index is 0.696. The first kappa shape index (κ1) is 7.98. The Morgan fingerprint density at radius 1 is 1.31 bits per heavy atom. The zero-order chi connectivity index (χ0) is 9.10. The highest BCUT2D eigenvalue weighted by Crippen LogP contribution is 2.20. The maximum absolute atomic E-state index is 5.34. The molecule has 0 aliphatic heterocycles. The van der Waals surface area contributed by atoms with Crippen molar-refractivity contribution in [2.45, 2.75) is 6.92 Å². The summed E-state index contributed by atoms with van der Waals surface area (Å²) in [7, 11) is 0. The molecule has 0 atom stereocenters. The molecule has 68 valence electrons. The number of hydrogen-bond acceptors (Lipinski definition) is 1. The number of ether oxygens (including phenoxy) is 1. The highest BCUT2D eigenvalue weighted by atomic mass is 16.5. The van der Waals surface area contributed by atoms with E-state index in [0.29, 0.717) is 6.61 Å². The lowest BCUT2D eigenvalue weighted by atomic mass is 10.3. The molecule has 0 bridgehead atoms. The number of aromatic amines is 2. The van der Waals surface area contributed by atoms with E-state index >= 15 is 0 Å². The van der Waals surface area contributed by atoms with Gasteiger partial charge in [-0.25, -0.2) is 0 Å². The van der Waals surface area contributed by atoms with Crippen molar-refractivity contribution in [2.24, 2.45) is 0 Å². The summed E-state index contributed by atoms with van der Waals surface area (Å²) >= 11 is 0. The summed E-state index contributed by atoms with van der Waals surface area (Å²) < 4.78 is 5.34. The van der Waals surface area contributed by atoms with E-state index in [0.717, 1.165) is 17.1 Å². The molecular formula is C10H12N2O. The van der Waals surface area contributed by atoms with Crippen LogP contribution in [-0.2, 0) is 0 Å². The summed E-state index contributed by atoms with van der Waals surface area (Å²) in [4.78, 5) is 6.26. The van der Waals surface area contributed by atoms with Gasteiger partial charge >= 0.3 is 0 Å². The molecule has 2 rings (SSSR count). The van der Waals surface area contributed by atoms with Crippen LogP contribution in [0.3, 0.4) is 0 Å². The second kappa shape index (κ2) is 3.39. The minimum Gasteiger partial charge on any atom is -0.492 e. The molecule has 0 aromatic carbocycles. The van der Waals surface area contributed by atoms with E-state index < -0.39 is 0 Å². The van der Waals surface area contributed by atoms with E-state index in [2.05, 4.69) is 9.97 Å². The minimum atomic E-state index is 0.696. The molecule has 0 unspecified atom stereocenters. The standard InChI is InChI=1S/C10H12N2O/c1-2-13-8-6-10(12-7-8)9-4-3-5-11-9/h3-7,11-12H,2H2,1H3. The Kier molecular flexibility index (Phi) is 2.08. The number of hydrogen-bond donors (Lipinski definition) is 2. The SMILES string of the molecule is CCOc1c[nH]c(-c2ccc[nH]2)c1. The van der Waals surface area contributed by atoms with Crippen molar-refractivity contribution in [3.8, 4) is 17.1 Å². The van der Waals surface area contributed by atoms with E-state index in [9.17, 15) is 0 Å². The lowest BCUT2D eigenvalue weighted by molar-refractivity contribution is 0.341. The molecule has 0 radical (unpaired) electrons. The molecule has 2 heterocycles. The molecule has 0 aliphatic carbocycles. The van der Waals surface area contributed by atoms with Gasteiger partial charge in [0.05, 0.1) is 18.0 Å². The van der Waals surface area contributed by atoms with Crippen LogP contribution in [0, 0.1) is 0 Å². The molecule has 0 saturated heterocycles. The Bertz CT molecular complexity index is 362. The highest BCUT2D eigenvalue weighted by Gasteiger charge is 2.01. The maximum Gasteiger partial charge on any atom is 0.137 e. The normalized spacial score (nSPS) is 10.2. The zero-order valence-corrected chi connectivity index (χ0v) is 7.50. The molecule has 13 heavy (non-hydrogen) atoms. The second-order valence-electron chi connectivity index (χ2n) is 2.77. The first-order chi connectivity index (χ1) is 6.40. The van der Waals surface area contributed by atoms with Crippen molar-refractivity contribution >= 4 is 0 Å². The van der Waals surface area contributed by atoms with Gasteiger partial charge in [0.25, 0.3) is 0 Å². The number of rotatable bonds is 3. The van der Waals surface area contributed by atoms with Gasteiger partial charge in [0, 0.05) is 18.5 Å². The van der Waals surface area contributed by atoms with Crippen molar-refractivity contribution in [1.82, 2.24) is 9.97 Å². The average molecular weight is 176 g/mol. The lowest BCUT2D eigenvalue weighted by Crippen LogP contribution is -1.87. The maximum atomic E-state index is 5.34. The smallest absolute Gasteiger partial charge is 0.137 e. The van der Waals surface area contributed by atoms with E-state index in [1.807, 2.05) is 37.5 Å². The molecule has 0 saturated carbocycles. The van der Waals surface area contributed by atoms with E-state index in [1.165, 1.54) is 0 Å². The van der Waals surface area contributed by atoms with Crippen LogP contribution in [0.25, 0.3) is 11.4 Å². The summed E-state index contributed by atoms with van der Waals surface area (Å²) in [6, 6.07) is 5.97. The monoisotopic (exact) mass is 176 g/mol. The van der Waals surface area contributed by atoms with Crippen molar-refractivity contribution < 1.29 is 4.74 Å². The molecule has 3 heteroatoms.